The van der Waals surface area contributed by atoms with Crippen LogP contribution in [0.25, 0.3) is 0 Å². The summed E-state index contributed by atoms with van der Waals surface area (Å²) in [6.07, 6.45) is 0.328. The molecule has 7 heteroatoms. The first-order valence-corrected chi connectivity index (χ1v) is 10.0. The molecule has 0 fully saturated rings. The zero-order chi connectivity index (χ0) is 20.5. The van der Waals surface area contributed by atoms with Gasteiger partial charge in [-0.15, -0.1) is 11.3 Å². The molecule has 0 aliphatic rings. The van der Waals surface area contributed by atoms with Gasteiger partial charge < -0.3 is 16.0 Å². The minimum absolute atomic E-state index is 0.0983. The number of nitrogens with one attached hydrogen (secondary N) is 3. The first kappa shape index (κ1) is 20.3. The molecule has 1 aromatic heterocycles. The van der Waals surface area contributed by atoms with Crippen molar-refractivity contribution < 1.29 is 14.4 Å². The Morgan fingerprint density at radius 3 is 1.93 bits per heavy atom. The highest BCUT2D eigenvalue weighted by molar-refractivity contribution is 7.10. The van der Waals surface area contributed by atoms with Gasteiger partial charge in [-0.25, -0.2) is 0 Å². The Morgan fingerprint density at radius 1 is 0.724 bits per heavy atom. The number of carbonyl (C=O) groups is 3. The molecule has 1 heterocycles. The Bertz CT molecular complexity index is 955. The van der Waals surface area contributed by atoms with E-state index in [1.165, 1.54) is 11.3 Å². The molecule has 0 atom stereocenters. The molecular formula is C22H21N3O3S. The lowest BCUT2D eigenvalue weighted by atomic mass is 10.2. The molecule has 0 unspecified atom stereocenters. The van der Waals surface area contributed by atoms with Crippen LogP contribution in [-0.4, -0.2) is 30.8 Å². The van der Waals surface area contributed by atoms with E-state index in [1.807, 2.05) is 23.6 Å². The normalized spacial score (nSPS) is 10.2. The smallest absolute Gasteiger partial charge is 0.251 e. The summed E-state index contributed by atoms with van der Waals surface area (Å²) in [5, 5.41) is 10.3. The van der Waals surface area contributed by atoms with Crippen molar-refractivity contribution in [2.75, 3.05) is 18.4 Å². The van der Waals surface area contributed by atoms with Crippen molar-refractivity contribution in [3.8, 4) is 0 Å². The molecule has 148 valence electrons. The lowest BCUT2D eigenvalue weighted by Crippen LogP contribution is -2.34. The van der Waals surface area contributed by atoms with Crippen molar-refractivity contribution in [1.29, 1.82) is 0 Å². The third-order valence-corrected chi connectivity index (χ3v) is 4.95. The van der Waals surface area contributed by atoms with Gasteiger partial charge in [-0.05, 0) is 47.8 Å². The Kier molecular flexibility index (Phi) is 7.13. The highest BCUT2D eigenvalue weighted by Crippen LogP contribution is 2.13. The maximum Gasteiger partial charge on any atom is 0.251 e. The summed E-state index contributed by atoms with van der Waals surface area (Å²) in [5.74, 6) is -0.517. The van der Waals surface area contributed by atoms with Crippen LogP contribution < -0.4 is 16.0 Å². The maximum atomic E-state index is 12.2. The van der Waals surface area contributed by atoms with Gasteiger partial charge >= 0.3 is 0 Å². The molecule has 3 rings (SSSR count). The van der Waals surface area contributed by atoms with E-state index in [-0.39, 0.29) is 17.7 Å². The fourth-order valence-corrected chi connectivity index (χ4v) is 3.33. The predicted octanol–water partition coefficient (Wildman–Crippen LogP) is 3.09. The number of carbonyl (C=O) groups excluding carboxylic acids is 3. The van der Waals surface area contributed by atoms with E-state index in [2.05, 4.69) is 16.0 Å². The number of amides is 3. The van der Waals surface area contributed by atoms with Crippen molar-refractivity contribution in [2.24, 2.45) is 0 Å². The highest BCUT2D eigenvalue weighted by Gasteiger charge is 2.08. The molecule has 29 heavy (non-hydrogen) atoms. The quantitative estimate of drug-likeness (QED) is 0.502. The summed E-state index contributed by atoms with van der Waals surface area (Å²) in [7, 11) is 0. The second-order valence-electron chi connectivity index (χ2n) is 6.26. The van der Waals surface area contributed by atoms with Gasteiger partial charge in [0.25, 0.3) is 11.8 Å². The SMILES string of the molecule is O=C(Cc1cccs1)Nc1ccc(C(=O)NCCNC(=O)c2ccccc2)cc1. The molecule has 3 aromatic rings. The molecule has 0 radical (unpaired) electrons. The first-order chi connectivity index (χ1) is 14.1. The van der Waals surface area contributed by atoms with E-state index in [4.69, 9.17) is 0 Å². The molecule has 0 aliphatic carbocycles. The van der Waals surface area contributed by atoms with Crippen LogP contribution in [-0.2, 0) is 11.2 Å². The van der Waals surface area contributed by atoms with Gasteiger partial charge in [-0.2, -0.15) is 0 Å². The van der Waals surface area contributed by atoms with E-state index >= 15 is 0 Å². The average Bonchev–Trinajstić information content (AvgIpc) is 3.25. The van der Waals surface area contributed by atoms with Crippen LogP contribution in [0.3, 0.4) is 0 Å². The molecule has 3 N–H and O–H groups in total. The number of hydrogen-bond donors (Lipinski definition) is 3. The van der Waals surface area contributed by atoms with Crippen LogP contribution in [0.15, 0.2) is 72.1 Å². The van der Waals surface area contributed by atoms with Gasteiger partial charge in [0.2, 0.25) is 5.91 Å². The largest absolute Gasteiger partial charge is 0.350 e. The Morgan fingerprint density at radius 2 is 1.34 bits per heavy atom. The lowest BCUT2D eigenvalue weighted by Gasteiger charge is -2.08. The van der Waals surface area contributed by atoms with Crippen LogP contribution in [0, 0.1) is 0 Å². The second-order valence-corrected chi connectivity index (χ2v) is 7.29. The van der Waals surface area contributed by atoms with Gasteiger partial charge in [0.05, 0.1) is 6.42 Å². The van der Waals surface area contributed by atoms with Crippen LogP contribution in [0.1, 0.15) is 25.6 Å². The molecule has 3 amide bonds. The van der Waals surface area contributed by atoms with E-state index in [0.717, 1.165) is 4.88 Å². The molecule has 0 aliphatic heterocycles. The number of hydrogen-bond acceptors (Lipinski definition) is 4. The van der Waals surface area contributed by atoms with Crippen molar-refractivity contribution in [3.63, 3.8) is 0 Å². The van der Waals surface area contributed by atoms with E-state index < -0.39 is 0 Å². The molecule has 0 saturated carbocycles. The fourth-order valence-electron chi connectivity index (χ4n) is 2.63. The van der Waals surface area contributed by atoms with Crippen LogP contribution in [0.2, 0.25) is 0 Å². The van der Waals surface area contributed by atoms with Crippen molar-refractivity contribution in [2.45, 2.75) is 6.42 Å². The summed E-state index contributed by atoms with van der Waals surface area (Å²) in [5.41, 5.74) is 1.70. The molecule has 0 bridgehead atoms. The van der Waals surface area contributed by atoms with Gasteiger partial charge in [0.15, 0.2) is 0 Å². The van der Waals surface area contributed by atoms with Crippen molar-refractivity contribution in [3.05, 3.63) is 88.1 Å². The van der Waals surface area contributed by atoms with Crippen molar-refractivity contribution in [1.82, 2.24) is 10.6 Å². The van der Waals surface area contributed by atoms with E-state index in [0.29, 0.717) is 36.3 Å². The van der Waals surface area contributed by atoms with Gasteiger partial charge in [0.1, 0.15) is 0 Å². The predicted molar refractivity (Wildman–Crippen MR) is 114 cm³/mol. The monoisotopic (exact) mass is 407 g/mol. The zero-order valence-electron chi connectivity index (χ0n) is 15.7. The van der Waals surface area contributed by atoms with Crippen molar-refractivity contribution >= 4 is 34.7 Å². The van der Waals surface area contributed by atoms with E-state index in [1.54, 1.807) is 48.5 Å². The summed E-state index contributed by atoms with van der Waals surface area (Å²) >= 11 is 1.54. The maximum absolute atomic E-state index is 12.2. The standard InChI is InChI=1S/C22H21N3O3S/c26-20(15-19-7-4-14-29-19)25-18-10-8-17(9-11-18)22(28)24-13-12-23-21(27)16-5-2-1-3-6-16/h1-11,14H,12-13,15H2,(H,23,27)(H,24,28)(H,25,26). The first-order valence-electron chi connectivity index (χ1n) is 9.15. The summed E-state index contributed by atoms with van der Waals surface area (Å²) < 4.78 is 0. The second kappa shape index (κ2) is 10.2. The number of benzene rings is 2. The minimum atomic E-state index is -0.240. The molecular weight excluding hydrogens is 386 g/mol. The molecule has 0 spiro atoms. The zero-order valence-corrected chi connectivity index (χ0v) is 16.5. The number of rotatable bonds is 8. The third kappa shape index (κ3) is 6.29. The van der Waals surface area contributed by atoms with Gasteiger partial charge in [-0.3, -0.25) is 14.4 Å². The summed E-state index contributed by atoms with van der Waals surface area (Å²) in [6, 6.07) is 19.4. The van der Waals surface area contributed by atoms with Gasteiger partial charge in [0, 0.05) is 34.8 Å². The molecule has 0 saturated heterocycles. The van der Waals surface area contributed by atoms with Gasteiger partial charge in [-0.1, -0.05) is 24.3 Å². The topological polar surface area (TPSA) is 87.3 Å². The minimum Gasteiger partial charge on any atom is -0.350 e. The third-order valence-electron chi connectivity index (χ3n) is 4.08. The average molecular weight is 407 g/mol. The van der Waals surface area contributed by atoms with Crippen LogP contribution in [0.5, 0.6) is 0 Å². The fraction of sp³-hybridized carbons (Fsp3) is 0.136. The highest BCUT2D eigenvalue weighted by atomic mass is 32.1. The molecule has 6 nitrogen and oxygen atoms in total. The Hall–Kier alpha value is -3.45. The Balaban J connectivity index is 1.40. The Labute approximate surface area is 173 Å². The lowest BCUT2D eigenvalue weighted by molar-refractivity contribution is -0.115. The van der Waals surface area contributed by atoms with Crippen LogP contribution in [0.4, 0.5) is 5.69 Å². The van der Waals surface area contributed by atoms with E-state index in [9.17, 15) is 14.4 Å². The number of anilines is 1. The number of thiophene rings is 1. The molecule has 2 aromatic carbocycles. The van der Waals surface area contributed by atoms with Crippen LogP contribution >= 0.6 is 11.3 Å². The summed E-state index contributed by atoms with van der Waals surface area (Å²) in [4.78, 5) is 37.1. The summed E-state index contributed by atoms with van der Waals surface area (Å²) in [6.45, 7) is 0.646.